The Kier molecular flexibility index (Phi) is 4.81. The van der Waals surface area contributed by atoms with Gasteiger partial charge in [-0.15, -0.1) is 11.3 Å². The number of thiophene rings is 1. The molecule has 0 spiro atoms. The van der Waals surface area contributed by atoms with Gasteiger partial charge >= 0.3 is 0 Å². The lowest BCUT2D eigenvalue weighted by Crippen LogP contribution is -2.23. The Morgan fingerprint density at radius 3 is 2.71 bits per heavy atom. The van der Waals surface area contributed by atoms with E-state index in [9.17, 15) is 4.79 Å². The number of carbonyl (C=O) groups excluding carboxylic acids is 1. The largest absolute Gasteiger partial charge is 0.383 e. The number of carbonyl (C=O) groups is 1. The van der Waals surface area contributed by atoms with Crippen molar-refractivity contribution >= 4 is 62.4 Å². The van der Waals surface area contributed by atoms with Crippen LogP contribution in [-0.2, 0) is 6.54 Å². The van der Waals surface area contributed by atoms with Crippen LogP contribution in [0.3, 0.4) is 0 Å². The Labute approximate surface area is 197 Å². The number of nitrogens with zero attached hydrogens (tertiary/aromatic N) is 4. The topological polar surface area (TPSA) is 114 Å². The zero-order chi connectivity index (χ0) is 23.1. The monoisotopic (exact) mass is 465 g/mol. The van der Waals surface area contributed by atoms with Crippen molar-refractivity contribution in [3.05, 3.63) is 88.2 Å². The molecule has 8 nitrogen and oxygen atoms in total. The molecule has 0 atom stereocenters. The fourth-order valence-electron chi connectivity index (χ4n) is 3.98. The van der Waals surface area contributed by atoms with Crippen molar-refractivity contribution in [2.75, 3.05) is 5.73 Å². The van der Waals surface area contributed by atoms with Crippen LogP contribution in [0.4, 0.5) is 5.82 Å². The van der Waals surface area contributed by atoms with Gasteiger partial charge in [0, 0.05) is 27.5 Å². The van der Waals surface area contributed by atoms with Crippen LogP contribution in [0.25, 0.3) is 33.1 Å². The number of amides is 1. The van der Waals surface area contributed by atoms with Gasteiger partial charge in [0.1, 0.15) is 16.9 Å². The Morgan fingerprint density at radius 1 is 1.09 bits per heavy atom. The van der Waals surface area contributed by atoms with Gasteiger partial charge in [-0.05, 0) is 29.6 Å². The molecule has 1 amide bonds. The Balaban J connectivity index is 1.48. The third kappa shape index (κ3) is 3.39. The van der Waals surface area contributed by atoms with Crippen LogP contribution in [0.2, 0.25) is 0 Å². The first-order valence-corrected chi connectivity index (χ1v) is 11.5. The molecule has 4 heterocycles. The lowest BCUT2D eigenvalue weighted by molar-refractivity contribution is 0.0953. The molecular formula is C25H19N7OS. The molecule has 9 heteroatoms. The molecule has 0 saturated heterocycles. The first kappa shape index (κ1) is 20.1. The van der Waals surface area contributed by atoms with Crippen LogP contribution in [0.1, 0.15) is 20.8 Å². The lowest BCUT2D eigenvalue weighted by atomic mass is 10.2. The summed E-state index contributed by atoms with van der Waals surface area (Å²) in [7, 11) is 0. The quantitative estimate of drug-likeness (QED) is 0.325. The third-order valence-electron chi connectivity index (χ3n) is 5.64. The molecule has 166 valence electrons. The number of nitrogens with two attached hydrogens (primary N) is 1. The van der Waals surface area contributed by atoms with Crippen LogP contribution in [0.15, 0.2) is 77.3 Å². The number of hydrogen-bond donors (Lipinski definition) is 3. The van der Waals surface area contributed by atoms with E-state index in [4.69, 9.17) is 15.7 Å². The van der Waals surface area contributed by atoms with Gasteiger partial charge < -0.3 is 16.0 Å². The van der Waals surface area contributed by atoms with Gasteiger partial charge in [0.25, 0.3) is 5.91 Å². The predicted molar refractivity (Wildman–Crippen MR) is 136 cm³/mol. The molecule has 6 rings (SSSR count). The van der Waals surface area contributed by atoms with E-state index in [1.165, 1.54) is 4.68 Å². The average Bonchev–Trinajstić information content (AvgIpc) is 3.58. The minimum atomic E-state index is -0.318. The molecule has 6 aromatic rings. The van der Waals surface area contributed by atoms with Crippen LogP contribution in [-0.4, -0.2) is 31.7 Å². The van der Waals surface area contributed by atoms with Gasteiger partial charge in [-0.25, -0.2) is 9.97 Å². The highest BCUT2D eigenvalue weighted by atomic mass is 32.1. The summed E-state index contributed by atoms with van der Waals surface area (Å²) in [6.07, 6.45) is 3.59. The zero-order valence-electron chi connectivity index (χ0n) is 17.9. The maximum atomic E-state index is 13.2. The van der Waals surface area contributed by atoms with E-state index in [-0.39, 0.29) is 17.3 Å². The van der Waals surface area contributed by atoms with Gasteiger partial charge in [0.2, 0.25) is 0 Å². The molecule has 2 aromatic carbocycles. The van der Waals surface area contributed by atoms with Crippen molar-refractivity contribution in [3.63, 3.8) is 0 Å². The van der Waals surface area contributed by atoms with Crippen molar-refractivity contribution in [2.24, 2.45) is 5.10 Å². The van der Waals surface area contributed by atoms with Crippen molar-refractivity contribution < 1.29 is 4.79 Å². The molecule has 0 aliphatic rings. The molecule has 0 fully saturated rings. The van der Waals surface area contributed by atoms with E-state index < -0.39 is 0 Å². The molecule has 0 aliphatic carbocycles. The summed E-state index contributed by atoms with van der Waals surface area (Å²) in [6, 6.07) is 19.4. The summed E-state index contributed by atoms with van der Waals surface area (Å²) in [5.74, 6) is -0.133. The number of anilines is 1. The van der Waals surface area contributed by atoms with E-state index in [0.717, 1.165) is 21.3 Å². The number of aromatic amines is 1. The predicted octanol–water partition coefficient (Wildman–Crippen LogP) is 4.52. The fraction of sp³-hybridized carbons (Fsp3) is 0.0400. The second-order valence-corrected chi connectivity index (χ2v) is 8.79. The van der Waals surface area contributed by atoms with Crippen molar-refractivity contribution in [1.82, 2.24) is 24.9 Å². The molecule has 0 bridgehead atoms. The number of nitrogens with one attached hydrogen (secondary N) is 2. The van der Waals surface area contributed by atoms with Crippen LogP contribution in [0, 0.1) is 0 Å². The summed E-state index contributed by atoms with van der Waals surface area (Å²) in [6.45, 7) is 0.405. The second kappa shape index (κ2) is 8.13. The summed E-state index contributed by atoms with van der Waals surface area (Å²) in [5, 5.41) is 10.6. The van der Waals surface area contributed by atoms with E-state index in [1.54, 1.807) is 17.6 Å². The minimum absolute atomic E-state index is 0.185. The molecule has 0 aliphatic heterocycles. The smallest absolute Gasteiger partial charge is 0.257 e. The standard InChI is InChI=1S/C25H19N7OS/c26-23-21(25(33)28-14-16-6-5-11-34-16)22-24(31-20-10-4-3-9-19(20)30-22)32(23)29-13-15-12-27-18-8-2-1-7-17(15)18/h1-13,27H,14,26H2,(H,28,33)/b29-13+. The number of rotatable bonds is 5. The van der Waals surface area contributed by atoms with Crippen molar-refractivity contribution in [3.8, 4) is 0 Å². The molecule has 0 radical (unpaired) electrons. The fourth-order valence-corrected chi connectivity index (χ4v) is 4.62. The second-order valence-electron chi connectivity index (χ2n) is 7.75. The highest BCUT2D eigenvalue weighted by Crippen LogP contribution is 2.28. The zero-order valence-corrected chi connectivity index (χ0v) is 18.7. The van der Waals surface area contributed by atoms with E-state index >= 15 is 0 Å². The number of H-pyrrole nitrogens is 1. The Morgan fingerprint density at radius 2 is 1.88 bits per heavy atom. The van der Waals surface area contributed by atoms with Gasteiger partial charge in [0.15, 0.2) is 5.65 Å². The van der Waals surface area contributed by atoms with Crippen molar-refractivity contribution in [2.45, 2.75) is 6.54 Å². The van der Waals surface area contributed by atoms with E-state index in [1.807, 2.05) is 72.2 Å². The summed E-state index contributed by atoms with van der Waals surface area (Å²) in [5.41, 5.74) is 10.9. The van der Waals surface area contributed by atoms with Crippen LogP contribution < -0.4 is 11.1 Å². The number of benzene rings is 2. The number of fused-ring (bicyclic) bond motifs is 3. The molecule has 4 aromatic heterocycles. The highest BCUT2D eigenvalue weighted by Gasteiger charge is 2.24. The maximum Gasteiger partial charge on any atom is 0.257 e. The summed E-state index contributed by atoms with van der Waals surface area (Å²) in [4.78, 5) is 26.9. The number of nitrogen functional groups attached to an aromatic ring is 1. The molecule has 0 unspecified atom stereocenters. The van der Waals surface area contributed by atoms with Gasteiger partial charge in [-0.2, -0.15) is 9.78 Å². The Bertz CT molecular complexity index is 1700. The third-order valence-corrected chi connectivity index (χ3v) is 6.51. The lowest BCUT2D eigenvalue weighted by Gasteiger charge is -2.04. The summed E-state index contributed by atoms with van der Waals surface area (Å²) >= 11 is 1.58. The summed E-state index contributed by atoms with van der Waals surface area (Å²) < 4.78 is 1.48. The number of aromatic nitrogens is 4. The highest BCUT2D eigenvalue weighted by molar-refractivity contribution is 7.09. The maximum absolute atomic E-state index is 13.2. The Hall–Kier alpha value is -4.50. The van der Waals surface area contributed by atoms with Crippen LogP contribution in [0.5, 0.6) is 0 Å². The minimum Gasteiger partial charge on any atom is -0.383 e. The van der Waals surface area contributed by atoms with Crippen LogP contribution >= 0.6 is 11.3 Å². The van der Waals surface area contributed by atoms with Crippen molar-refractivity contribution in [1.29, 1.82) is 0 Å². The van der Waals surface area contributed by atoms with Gasteiger partial charge in [-0.3, -0.25) is 4.79 Å². The molecule has 0 saturated carbocycles. The molecular weight excluding hydrogens is 446 g/mol. The average molecular weight is 466 g/mol. The normalized spacial score (nSPS) is 11.8. The first-order chi connectivity index (χ1) is 16.7. The SMILES string of the molecule is Nc1c(C(=O)NCc2cccs2)c2nc3ccccc3nc2n1/N=C/c1c[nH]c2ccccc12. The van der Waals surface area contributed by atoms with E-state index in [0.29, 0.717) is 28.7 Å². The molecule has 34 heavy (non-hydrogen) atoms. The number of hydrogen-bond acceptors (Lipinski definition) is 6. The number of para-hydroxylation sites is 3. The molecule has 4 N–H and O–H groups in total. The van der Waals surface area contributed by atoms with Gasteiger partial charge in [0.05, 0.1) is 23.8 Å². The van der Waals surface area contributed by atoms with E-state index in [2.05, 4.69) is 15.4 Å². The van der Waals surface area contributed by atoms with Gasteiger partial charge in [-0.1, -0.05) is 36.4 Å². The first-order valence-electron chi connectivity index (χ1n) is 10.7.